The molecule has 1 aromatic heterocycles. The average Bonchev–Trinajstić information content (AvgIpc) is 3.29. The van der Waals surface area contributed by atoms with Crippen molar-refractivity contribution in [3.63, 3.8) is 0 Å². The van der Waals surface area contributed by atoms with Gasteiger partial charge < -0.3 is 9.80 Å². The van der Waals surface area contributed by atoms with Crippen molar-refractivity contribution in [3.05, 3.63) is 81.9 Å². The third kappa shape index (κ3) is 4.20. The summed E-state index contributed by atoms with van der Waals surface area (Å²) in [6.07, 6.45) is 1.62. The number of nitrogens with zero attached hydrogens (tertiary/aromatic N) is 5. The van der Waals surface area contributed by atoms with Gasteiger partial charge in [0, 0.05) is 50.1 Å². The van der Waals surface area contributed by atoms with Gasteiger partial charge in [-0.25, -0.2) is 9.07 Å². The number of nitro benzene ring substituents is 1. The number of non-ortho nitro benzene ring substituents is 1. The molecule has 32 heavy (non-hydrogen) atoms. The van der Waals surface area contributed by atoms with Crippen LogP contribution in [0.2, 0.25) is 0 Å². The normalized spacial score (nSPS) is 13.8. The fraction of sp³-hybridized carbons (Fsp3) is 0.227. The molecule has 3 aromatic rings. The lowest BCUT2D eigenvalue weighted by molar-refractivity contribution is -0.384. The number of benzene rings is 2. The summed E-state index contributed by atoms with van der Waals surface area (Å²) >= 11 is 0. The Morgan fingerprint density at radius 3 is 2.31 bits per heavy atom. The maximum Gasteiger partial charge on any atom is 0.274 e. The zero-order valence-corrected chi connectivity index (χ0v) is 17.3. The summed E-state index contributed by atoms with van der Waals surface area (Å²) in [4.78, 5) is 38.1. The van der Waals surface area contributed by atoms with Crippen LogP contribution in [0.4, 0.5) is 15.8 Å². The first-order chi connectivity index (χ1) is 15.3. The molecule has 1 amide bonds. The summed E-state index contributed by atoms with van der Waals surface area (Å²) in [7, 11) is 0. The molecule has 9 nitrogen and oxygen atoms in total. The number of amides is 1. The van der Waals surface area contributed by atoms with Crippen LogP contribution in [0.25, 0.3) is 5.69 Å². The summed E-state index contributed by atoms with van der Waals surface area (Å²) in [6.45, 7) is 3.09. The number of hydrogen-bond acceptors (Lipinski definition) is 6. The molecule has 1 fully saturated rings. The standard InChI is InChI=1S/C22H20FN5O4/c1-15(29)16-2-7-21(19(23)14-16)25-10-12-26(13-11-25)22(30)20-8-9-27(24-20)17-3-5-18(6-4-17)28(31)32/h2-9,14H,10-13H2,1H3. The number of rotatable bonds is 5. The number of hydrogen-bond donors (Lipinski definition) is 0. The van der Waals surface area contributed by atoms with Gasteiger partial charge in [0.2, 0.25) is 0 Å². The van der Waals surface area contributed by atoms with Crippen LogP contribution in [-0.4, -0.2) is 57.5 Å². The summed E-state index contributed by atoms with van der Waals surface area (Å²) in [5.74, 6) is -0.893. The number of piperazine rings is 1. The Hall–Kier alpha value is -4.08. The number of halogens is 1. The fourth-order valence-corrected chi connectivity index (χ4v) is 3.60. The molecule has 0 unspecified atom stereocenters. The van der Waals surface area contributed by atoms with Gasteiger partial charge in [0.15, 0.2) is 11.5 Å². The van der Waals surface area contributed by atoms with E-state index >= 15 is 0 Å². The molecule has 0 bridgehead atoms. The lowest BCUT2D eigenvalue weighted by atomic mass is 10.1. The van der Waals surface area contributed by atoms with E-state index < -0.39 is 10.7 Å². The highest BCUT2D eigenvalue weighted by atomic mass is 19.1. The van der Waals surface area contributed by atoms with Crippen LogP contribution in [0.15, 0.2) is 54.7 Å². The molecule has 1 saturated heterocycles. The van der Waals surface area contributed by atoms with E-state index in [1.807, 2.05) is 4.90 Å². The Morgan fingerprint density at radius 1 is 1.03 bits per heavy atom. The molecule has 0 atom stereocenters. The van der Waals surface area contributed by atoms with Gasteiger partial charge in [-0.1, -0.05) is 0 Å². The first kappa shape index (κ1) is 21.2. The number of aromatic nitrogens is 2. The number of carbonyl (C=O) groups is 2. The van der Waals surface area contributed by atoms with E-state index in [0.717, 1.165) is 0 Å². The van der Waals surface area contributed by atoms with Gasteiger partial charge in [-0.15, -0.1) is 0 Å². The van der Waals surface area contributed by atoms with Crippen LogP contribution >= 0.6 is 0 Å². The van der Waals surface area contributed by atoms with E-state index in [1.54, 1.807) is 41.4 Å². The molecule has 1 aliphatic heterocycles. The van der Waals surface area contributed by atoms with Gasteiger partial charge in [-0.05, 0) is 43.3 Å². The van der Waals surface area contributed by atoms with E-state index in [4.69, 9.17) is 0 Å². The minimum atomic E-state index is -0.481. The van der Waals surface area contributed by atoms with E-state index in [-0.39, 0.29) is 23.1 Å². The molecule has 2 heterocycles. The van der Waals surface area contributed by atoms with Crippen molar-refractivity contribution in [2.75, 3.05) is 31.1 Å². The number of nitro groups is 1. The molecule has 1 aliphatic rings. The molecule has 0 aliphatic carbocycles. The highest BCUT2D eigenvalue weighted by molar-refractivity contribution is 5.94. The van der Waals surface area contributed by atoms with Gasteiger partial charge in [0.25, 0.3) is 11.6 Å². The van der Waals surface area contributed by atoms with E-state index in [1.165, 1.54) is 29.8 Å². The SMILES string of the molecule is CC(=O)c1ccc(N2CCN(C(=O)c3ccn(-c4ccc([N+](=O)[O-])cc4)n3)CC2)c(F)c1. The van der Waals surface area contributed by atoms with Gasteiger partial charge in [0.1, 0.15) is 5.82 Å². The van der Waals surface area contributed by atoms with Gasteiger partial charge in [-0.2, -0.15) is 5.10 Å². The quantitative estimate of drug-likeness (QED) is 0.345. The molecule has 4 rings (SSSR count). The van der Waals surface area contributed by atoms with Crippen molar-refractivity contribution in [1.29, 1.82) is 0 Å². The smallest absolute Gasteiger partial charge is 0.274 e. The van der Waals surface area contributed by atoms with Crippen LogP contribution < -0.4 is 4.90 Å². The lowest BCUT2D eigenvalue weighted by Crippen LogP contribution is -2.49. The van der Waals surface area contributed by atoms with Crippen molar-refractivity contribution in [2.24, 2.45) is 0 Å². The Labute approximate surface area is 182 Å². The maximum absolute atomic E-state index is 14.4. The molecule has 164 valence electrons. The highest BCUT2D eigenvalue weighted by Crippen LogP contribution is 2.23. The average molecular weight is 437 g/mol. The van der Waals surface area contributed by atoms with Gasteiger partial charge >= 0.3 is 0 Å². The van der Waals surface area contributed by atoms with E-state index in [0.29, 0.717) is 43.1 Å². The molecular weight excluding hydrogens is 417 g/mol. The van der Waals surface area contributed by atoms with Crippen LogP contribution in [0.5, 0.6) is 0 Å². The summed E-state index contributed by atoms with van der Waals surface area (Å²) in [5.41, 5.74) is 1.56. The zero-order valence-electron chi connectivity index (χ0n) is 17.3. The molecule has 0 radical (unpaired) electrons. The first-order valence-electron chi connectivity index (χ1n) is 9.98. The maximum atomic E-state index is 14.4. The van der Waals surface area contributed by atoms with Crippen molar-refractivity contribution >= 4 is 23.1 Å². The third-order valence-corrected chi connectivity index (χ3v) is 5.40. The number of ketones is 1. The number of Topliss-reactive ketones (excluding diaryl/α,β-unsaturated/α-hetero) is 1. The van der Waals surface area contributed by atoms with Gasteiger partial charge in [0.05, 0.1) is 16.3 Å². The van der Waals surface area contributed by atoms with Crippen LogP contribution in [0.3, 0.4) is 0 Å². The second-order valence-corrected chi connectivity index (χ2v) is 7.42. The monoisotopic (exact) mass is 437 g/mol. The predicted molar refractivity (Wildman–Crippen MR) is 115 cm³/mol. The fourth-order valence-electron chi connectivity index (χ4n) is 3.60. The van der Waals surface area contributed by atoms with Crippen LogP contribution in [0.1, 0.15) is 27.8 Å². The minimum Gasteiger partial charge on any atom is -0.366 e. The van der Waals surface area contributed by atoms with E-state index in [9.17, 15) is 24.1 Å². The van der Waals surface area contributed by atoms with Crippen molar-refractivity contribution < 1.29 is 18.9 Å². The van der Waals surface area contributed by atoms with Crippen molar-refractivity contribution in [1.82, 2.24) is 14.7 Å². The largest absolute Gasteiger partial charge is 0.366 e. The summed E-state index contributed by atoms with van der Waals surface area (Å²) in [5, 5.41) is 15.1. The lowest BCUT2D eigenvalue weighted by Gasteiger charge is -2.36. The van der Waals surface area contributed by atoms with Crippen molar-refractivity contribution in [2.45, 2.75) is 6.92 Å². The number of carbonyl (C=O) groups excluding carboxylic acids is 2. The second-order valence-electron chi connectivity index (χ2n) is 7.42. The summed E-state index contributed by atoms with van der Waals surface area (Å²) < 4.78 is 15.9. The molecule has 10 heteroatoms. The second kappa shape index (κ2) is 8.58. The minimum absolute atomic E-state index is 0.0255. The Balaban J connectivity index is 1.41. The van der Waals surface area contributed by atoms with Crippen LogP contribution in [-0.2, 0) is 0 Å². The molecule has 0 N–H and O–H groups in total. The molecule has 0 saturated carbocycles. The first-order valence-corrected chi connectivity index (χ1v) is 9.98. The topological polar surface area (TPSA) is 102 Å². The zero-order chi connectivity index (χ0) is 22.8. The molecule has 2 aromatic carbocycles. The Morgan fingerprint density at radius 2 is 1.72 bits per heavy atom. The Bertz CT molecular complexity index is 1180. The molecular formula is C22H20FN5O4. The molecule has 0 spiro atoms. The predicted octanol–water partition coefficient (Wildman–Crippen LogP) is 3.08. The number of anilines is 1. The third-order valence-electron chi connectivity index (χ3n) is 5.40. The summed E-state index contributed by atoms with van der Waals surface area (Å²) in [6, 6.07) is 11.9. The Kier molecular flexibility index (Phi) is 5.67. The highest BCUT2D eigenvalue weighted by Gasteiger charge is 2.25. The van der Waals surface area contributed by atoms with Crippen molar-refractivity contribution in [3.8, 4) is 5.69 Å². The van der Waals surface area contributed by atoms with Gasteiger partial charge in [-0.3, -0.25) is 19.7 Å². The van der Waals surface area contributed by atoms with E-state index in [2.05, 4.69) is 5.10 Å². The van der Waals surface area contributed by atoms with Crippen LogP contribution in [0, 0.1) is 15.9 Å².